The Morgan fingerprint density at radius 1 is 1.21 bits per heavy atom. The van der Waals surface area contributed by atoms with Gasteiger partial charge in [0.15, 0.2) is 0 Å². The molecule has 0 aliphatic carbocycles. The van der Waals surface area contributed by atoms with Crippen LogP contribution in [0.2, 0.25) is 0 Å². The molecule has 0 atom stereocenters. The first-order chi connectivity index (χ1) is 11.2. The van der Waals surface area contributed by atoms with Crippen LogP contribution in [0, 0.1) is 19.8 Å². The second-order valence-electron chi connectivity index (χ2n) is 6.82. The van der Waals surface area contributed by atoms with E-state index in [4.69, 9.17) is 0 Å². The number of hydrogen-bond donors (Lipinski definition) is 1. The van der Waals surface area contributed by atoms with Crippen LogP contribution >= 0.6 is 0 Å². The van der Waals surface area contributed by atoms with Gasteiger partial charge < -0.3 is 5.32 Å². The molecule has 1 fully saturated rings. The van der Waals surface area contributed by atoms with Crippen molar-refractivity contribution >= 4 is 15.9 Å². The molecular weight excluding hydrogens is 328 g/mol. The topological polar surface area (TPSA) is 84.3 Å². The first kappa shape index (κ1) is 18.9. The number of nitrogens with zero attached hydrogens (tertiary/aromatic N) is 3. The van der Waals surface area contributed by atoms with E-state index in [9.17, 15) is 13.2 Å². The average Bonchev–Trinajstić information content (AvgIpc) is 2.80. The van der Waals surface area contributed by atoms with E-state index in [1.165, 1.54) is 8.99 Å². The monoisotopic (exact) mass is 356 g/mol. The van der Waals surface area contributed by atoms with Crippen LogP contribution in [0.15, 0.2) is 4.90 Å². The Hall–Kier alpha value is -1.41. The highest BCUT2D eigenvalue weighted by atomic mass is 32.2. The Morgan fingerprint density at radius 3 is 2.42 bits per heavy atom. The van der Waals surface area contributed by atoms with Crippen molar-refractivity contribution in [2.24, 2.45) is 5.92 Å². The second kappa shape index (κ2) is 7.65. The summed E-state index contributed by atoms with van der Waals surface area (Å²) in [6, 6.07) is 0. The van der Waals surface area contributed by atoms with Crippen LogP contribution in [0.4, 0.5) is 0 Å². The van der Waals surface area contributed by atoms with E-state index in [-0.39, 0.29) is 17.3 Å². The third-order valence-electron chi connectivity index (χ3n) is 4.23. The zero-order valence-corrected chi connectivity index (χ0v) is 15.8. The van der Waals surface area contributed by atoms with Gasteiger partial charge in [-0.15, -0.1) is 0 Å². The Kier molecular flexibility index (Phi) is 6.03. The van der Waals surface area contributed by atoms with E-state index in [0.29, 0.717) is 36.9 Å². The molecule has 0 aromatic carbocycles. The normalized spacial score (nSPS) is 16.5. The maximum Gasteiger partial charge on any atom is 0.246 e. The van der Waals surface area contributed by atoms with Gasteiger partial charge in [0.25, 0.3) is 0 Å². The van der Waals surface area contributed by atoms with Crippen LogP contribution < -0.4 is 5.32 Å². The Balaban J connectivity index is 2.20. The molecule has 1 amide bonds. The Bertz CT molecular complexity index is 688. The fraction of sp³-hybridized carbons (Fsp3) is 0.750. The molecule has 1 saturated heterocycles. The zero-order chi connectivity index (χ0) is 17.9. The number of piperidine rings is 1. The molecule has 1 aliphatic heterocycles. The fourth-order valence-corrected chi connectivity index (χ4v) is 4.84. The highest BCUT2D eigenvalue weighted by molar-refractivity contribution is 7.89. The lowest BCUT2D eigenvalue weighted by Gasteiger charge is -2.25. The van der Waals surface area contributed by atoms with Crippen LogP contribution in [0.3, 0.4) is 0 Å². The summed E-state index contributed by atoms with van der Waals surface area (Å²) in [4.78, 5) is 12.3. The van der Waals surface area contributed by atoms with Crippen LogP contribution in [0.25, 0.3) is 0 Å². The number of aryl methyl sites for hydroxylation is 1. The quantitative estimate of drug-likeness (QED) is 0.836. The average molecular weight is 356 g/mol. The number of aromatic nitrogens is 2. The molecule has 0 saturated carbocycles. The summed E-state index contributed by atoms with van der Waals surface area (Å²) in [5.41, 5.74) is 0.979. The summed E-state index contributed by atoms with van der Waals surface area (Å²) < 4.78 is 28.9. The molecule has 7 nitrogen and oxygen atoms in total. The molecule has 0 radical (unpaired) electrons. The van der Waals surface area contributed by atoms with Gasteiger partial charge in [0, 0.05) is 19.6 Å². The van der Waals surface area contributed by atoms with E-state index < -0.39 is 10.0 Å². The molecule has 1 aromatic rings. The number of hydrogen-bond acceptors (Lipinski definition) is 4. The minimum absolute atomic E-state index is 0.0366. The van der Waals surface area contributed by atoms with E-state index in [2.05, 4.69) is 10.4 Å². The minimum Gasteiger partial charge on any atom is -0.354 e. The van der Waals surface area contributed by atoms with Crippen LogP contribution in [-0.4, -0.2) is 48.0 Å². The van der Waals surface area contributed by atoms with Crippen LogP contribution in [0.5, 0.6) is 0 Å². The summed E-state index contributed by atoms with van der Waals surface area (Å²) in [6.45, 7) is 9.19. The van der Waals surface area contributed by atoms with Crippen molar-refractivity contribution in [2.75, 3.05) is 19.6 Å². The van der Waals surface area contributed by atoms with Gasteiger partial charge in [-0.05, 0) is 32.6 Å². The Morgan fingerprint density at radius 2 is 1.83 bits per heavy atom. The second-order valence-corrected chi connectivity index (χ2v) is 8.70. The SMILES string of the molecule is Cc1nn(CC(=O)NCC(C)C)c(C)c1S(=O)(=O)N1CCCCC1. The van der Waals surface area contributed by atoms with Gasteiger partial charge in [0.1, 0.15) is 11.4 Å². The lowest BCUT2D eigenvalue weighted by atomic mass is 10.2. The van der Waals surface area contributed by atoms with E-state index >= 15 is 0 Å². The lowest BCUT2D eigenvalue weighted by Crippen LogP contribution is -2.36. The van der Waals surface area contributed by atoms with E-state index in [1.807, 2.05) is 13.8 Å². The van der Waals surface area contributed by atoms with Crippen molar-refractivity contribution in [2.45, 2.75) is 58.4 Å². The maximum atomic E-state index is 12.9. The summed E-state index contributed by atoms with van der Waals surface area (Å²) in [5, 5.41) is 7.12. The highest BCUT2D eigenvalue weighted by Gasteiger charge is 2.31. The minimum atomic E-state index is -3.55. The van der Waals surface area contributed by atoms with Gasteiger partial charge in [-0.1, -0.05) is 20.3 Å². The molecule has 1 N–H and O–H groups in total. The van der Waals surface area contributed by atoms with Crippen molar-refractivity contribution in [3.63, 3.8) is 0 Å². The van der Waals surface area contributed by atoms with E-state index in [1.54, 1.807) is 13.8 Å². The molecular formula is C16H28N4O3S. The van der Waals surface area contributed by atoms with Gasteiger partial charge in [-0.2, -0.15) is 9.40 Å². The molecule has 8 heteroatoms. The number of carbonyl (C=O) groups is 1. The lowest BCUT2D eigenvalue weighted by molar-refractivity contribution is -0.122. The van der Waals surface area contributed by atoms with Crippen molar-refractivity contribution in [3.8, 4) is 0 Å². The third-order valence-corrected chi connectivity index (χ3v) is 6.38. The molecule has 0 unspecified atom stereocenters. The zero-order valence-electron chi connectivity index (χ0n) is 15.0. The van der Waals surface area contributed by atoms with Gasteiger partial charge in [-0.3, -0.25) is 9.48 Å². The predicted octanol–water partition coefficient (Wildman–Crippen LogP) is 1.45. The summed E-state index contributed by atoms with van der Waals surface area (Å²) in [5.74, 6) is 0.209. The van der Waals surface area contributed by atoms with Crippen molar-refractivity contribution in [3.05, 3.63) is 11.4 Å². The number of sulfonamides is 1. The van der Waals surface area contributed by atoms with Crippen molar-refractivity contribution in [1.82, 2.24) is 19.4 Å². The summed E-state index contributed by atoms with van der Waals surface area (Å²) >= 11 is 0. The molecule has 1 aliphatic rings. The predicted molar refractivity (Wildman–Crippen MR) is 92.2 cm³/mol. The van der Waals surface area contributed by atoms with Crippen molar-refractivity contribution < 1.29 is 13.2 Å². The fourth-order valence-electron chi connectivity index (χ4n) is 2.95. The number of carbonyl (C=O) groups excluding carboxylic acids is 1. The molecule has 24 heavy (non-hydrogen) atoms. The van der Waals surface area contributed by atoms with Crippen molar-refractivity contribution in [1.29, 1.82) is 0 Å². The largest absolute Gasteiger partial charge is 0.354 e. The standard InChI is InChI=1S/C16H28N4O3S/c1-12(2)10-17-15(21)11-20-14(4)16(13(3)18-20)24(22,23)19-8-6-5-7-9-19/h12H,5-11H2,1-4H3,(H,17,21). The smallest absolute Gasteiger partial charge is 0.246 e. The molecule has 2 heterocycles. The first-order valence-corrected chi connectivity index (χ1v) is 9.98. The summed E-state index contributed by atoms with van der Waals surface area (Å²) in [7, 11) is -3.55. The van der Waals surface area contributed by atoms with E-state index in [0.717, 1.165) is 19.3 Å². The molecule has 2 rings (SSSR count). The van der Waals surface area contributed by atoms with Gasteiger partial charge in [0.05, 0.1) is 11.4 Å². The number of rotatable bonds is 6. The Labute approximate surface area is 144 Å². The number of amides is 1. The number of nitrogens with one attached hydrogen (secondary N) is 1. The molecule has 136 valence electrons. The first-order valence-electron chi connectivity index (χ1n) is 8.54. The summed E-state index contributed by atoms with van der Waals surface area (Å²) in [6.07, 6.45) is 2.85. The molecule has 0 spiro atoms. The third kappa shape index (κ3) is 4.16. The van der Waals surface area contributed by atoms with Crippen LogP contribution in [0.1, 0.15) is 44.5 Å². The molecule has 0 bridgehead atoms. The van der Waals surface area contributed by atoms with Crippen LogP contribution in [-0.2, 0) is 21.4 Å². The van der Waals surface area contributed by atoms with Gasteiger partial charge >= 0.3 is 0 Å². The highest BCUT2D eigenvalue weighted by Crippen LogP contribution is 2.25. The van der Waals surface area contributed by atoms with Gasteiger partial charge in [-0.25, -0.2) is 8.42 Å². The van der Waals surface area contributed by atoms with Gasteiger partial charge in [0.2, 0.25) is 15.9 Å². The maximum absolute atomic E-state index is 12.9. The molecule has 1 aromatic heterocycles.